The van der Waals surface area contributed by atoms with Gasteiger partial charge in [0, 0.05) is 17.1 Å². The van der Waals surface area contributed by atoms with Crippen LogP contribution in [0.15, 0.2) is 0 Å². The molecule has 4 nitrogen and oxygen atoms in total. The fourth-order valence-electron chi connectivity index (χ4n) is 0. The summed E-state index contributed by atoms with van der Waals surface area (Å²) in [5.74, 6) is -3.65. The summed E-state index contributed by atoms with van der Waals surface area (Å²) < 4.78 is 0. The second-order valence-electron chi connectivity index (χ2n) is 0.610. The number of carboxylic acid groups (broad SMARTS) is 2. The van der Waals surface area contributed by atoms with Crippen LogP contribution in [0, 0.1) is 0 Å². The third-order valence-electron chi connectivity index (χ3n) is 0.183. The molecule has 0 aliphatic heterocycles. The van der Waals surface area contributed by atoms with Crippen molar-refractivity contribution in [3.63, 3.8) is 0 Å². The first-order valence-electron chi connectivity index (χ1n) is 1.11. The van der Waals surface area contributed by atoms with Crippen LogP contribution in [0.1, 0.15) is 0 Å². The Morgan fingerprint density at radius 1 is 1.00 bits per heavy atom. The Hall–Kier alpha value is -0.541. The van der Waals surface area contributed by atoms with Crippen molar-refractivity contribution in [3.05, 3.63) is 0 Å². The van der Waals surface area contributed by atoms with Crippen molar-refractivity contribution in [1.29, 1.82) is 0 Å². The summed E-state index contributed by atoms with van der Waals surface area (Å²) in [6, 6.07) is 0. The van der Waals surface area contributed by atoms with Crippen molar-refractivity contribution < 1.29 is 36.9 Å². The molecule has 0 rings (SSSR count). The van der Waals surface area contributed by atoms with Gasteiger partial charge in [-0.2, -0.15) is 0 Å². The molecular formula is C2H2CuO4. The van der Waals surface area contributed by atoms with E-state index >= 15 is 0 Å². The molecule has 0 heterocycles. The van der Waals surface area contributed by atoms with Crippen molar-refractivity contribution in [2.75, 3.05) is 0 Å². The zero-order chi connectivity index (χ0) is 5.15. The van der Waals surface area contributed by atoms with E-state index in [4.69, 9.17) is 19.8 Å². The predicted octanol–water partition coefficient (Wildman–Crippen LogP) is -0.847. The molecule has 0 bridgehead atoms. The van der Waals surface area contributed by atoms with Gasteiger partial charge in [-0.3, -0.25) is 0 Å². The molecule has 1 radical (unpaired) electrons. The van der Waals surface area contributed by atoms with Gasteiger partial charge < -0.3 is 10.2 Å². The average molecular weight is 154 g/mol. The Morgan fingerprint density at radius 2 is 1.14 bits per heavy atom. The minimum atomic E-state index is -1.82. The van der Waals surface area contributed by atoms with Gasteiger partial charge in [0.2, 0.25) is 0 Å². The number of carboxylic acids is 2. The molecule has 0 aromatic rings. The van der Waals surface area contributed by atoms with E-state index in [1.807, 2.05) is 0 Å². The fraction of sp³-hybridized carbons (Fsp3) is 0. The van der Waals surface area contributed by atoms with Gasteiger partial charge in [0.1, 0.15) is 0 Å². The number of aliphatic carboxylic acids is 2. The van der Waals surface area contributed by atoms with E-state index in [-0.39, 0.29) is 17.1 Å². The molecule has 0 fully saturated rings. The standard InChI is InChI=1S/C2H2O4.Cu/c3-1(4)2(5)6;/h(H,3,4)(H,5,6);. The maximum Gasteiger partial charge on any atom is 0.414 e. The number of rotatable bonds is 0. The molecule has 0 saturated heterocycles. The zero-order valence-electron chi connectivity index (χ0n) is 3.01. The number of hydrogen-bond donors (Lipinski definition) is 2. The summed E-state index contributed by atoms with van der Waals surface area (Å²) in [5.41, 5.74) is 0. The second-order valence-corrected chi connectivity index (χ2v) is 0.610. The maximum absolute atomic E-state index is 9.10. The van der Waals surface area contributed by atoms with Gasteiger partial charge in [-0.15, -0.1) is 0 Å². The van der Waals surface area contributed by atoms with Crippen LogP contribution in [0.25, 0.3) is 0 Å². The molecule has 5 heteroatoms. The van der Waals surface area contributed by atoms with Crippen molar-refractivity contribution in [1.82, 2.24) is 0 Å². The van der Waals surface area contributed by atoms with E-state index in [0.29, 0.717) is 0 Å². The van der Waals surface area contributed by atoms with Crippen LogP contribution in [0.2, 0.25) is 0 Å². The van der Waals surface area contributed by atoms with Crippen LogP contribution < -0.4 is 0 Å². The predicted molar refractivity (Wildman–Crippen MR) is 15.3 cm³/mol. The molecule has 0 saturated carbocycles. The van der Waals surface area contributed by atoms with Crippen LogP contribution in [0.4, 0.5) is 0 Å². The second kappa shape index (κ2) is 3.64. The first-order valence-corrected chi connectivity index (χ1v) is 1.11. The fourth-order valence-corrected chi connectivity index (χ4v) is 0. The van der Waals surface area contributed by atoms with Crippen LogP contribution in [0.3, 0.4) is 0 Å². The molecule has 45 valence electrons. The Bertz CT molecular complexity index is 75.7. The summed E-state index contributed by atoms with van der Waals surface area (Å²) in [6.07, 6.45) is 0. The summed E-state index contributed by atoms with van der Waals surface area (Å²) in [4.78, 5) is 18.2. The molecule has 2 N–H and O–H groups in total. The van der Waals surface area contributed by atoms with E-state index < -0.39 is 11.9 Å². The normalized spacial score (nSPS) is 6.29. The quantitative estimate of drug-likeness (QED) is 0.351. The Morgan fingerprint density at radius 3 is 1.14 bits per heavy atom. The Kier molecular flexibility index (Phi) is 5.04. The van der Waals surface area contributed by atoms with E-state index in [2.05, 4.69) is 0 Å². The molecular weight excluding hydrogens is 152 g/mol. The van der Waals surface area contributed by atoms with Crippen LogP contribution in [-0.2, 0) is 26.7 Å². The van der Waals surface area contributed by atoms with Gasteiger partial charge >= 0.3 is 11.9 Å². The third kappa shape index (κ3) is 5.46. The van der Waals surface area contributed by atoms with Crippen LogP contribution >= 0.6 is 0 Å². The number of hydrogen-bond acceptors (Lipinski definition) is 2. The molecule has 7 heavy (non-hydrogen) atoms. The minimum absolute atomic E-state index is 0. The van der Waals surface area contributed by atoms with Gasteiger partial charge in [0.25, 0.3) is 0 Å². The molecule has 0 aromatic heterocycles. The van der Waals surface area contributed by atoms with Crippen molar-refractivity contribution in [3.8, 4) is 0 Å². The largest absolute Gasteiger partial charge is 0.473 e. The first kappa shape index (κ1) is 9.68. The van der Waals surface area contributed by atoms with Gasteiger partial charge in [0.15, 0.2) is 0 Å². The summed E-state index contributed by atoms with van der Waals surface area (Å²) in [6.45, 7) is 0. The van der Waals surface area contributed by atoms with Gasteiger partial charge in [0.05, 0.1) is 0 Å². The first-order chi connectivity index (χ1) is 2.64. The van der Waals surface area contributed by atoms with Gasteiger partial charge in [-0.25, -0.2) is 9.59 Å². The summed E-state index contributed by atoms with van der Waals surface area (Å²) in [7, 11) is 0. The molecule has 0 aliphatic carbocycles. The Balaban J connectivity index is 0. The van der Waals surface area contributed by atoms with Crippen molar-refractivity contribution in [2.45, 2.75) is 0 Å². The average Bonchev–Trinajstić information content (AvgIpc) is 1.36. The third-order valence-corrected chi connectivity index (χ3v) is 0.183. The van der Waals surface area contributed by atoms with Crippen molar-refractivity contribution in [2.24, 2.45) is 0 Å². The topological polar surface area (TPSA) is 74.6 Å². The van der Waals surface area contributed by atoms with E-state index in [0.717, 1.165) is 0 Å². The molecule has 0 amide bonds. The van der Waals surface area contributed by atoms with E-state index in [9.17, 15) is 0 Å². The monoisotopic (exact) mass is 153 g/mol. The maximum atomic E-state index is 9.10. The van der Waals surface area contributed by atoms with E-state index in [1.54, 1.807) is 0 Å². The zero-order valence-corrected chi connectivity index (χ0v) is 3.95. The number of carbonyl (C=O) groups is 2. The minimum Gasteiger partial charge on any atom is -0.473 e. The van der Waals surface area contributed by atoms with Crippen molar-refractivity contribution >= 4 is 11.9 Å². The SMILES string of the molecule is O=C(O)C(=O)O.[Cu]. The molecule has 0 atom stereocenters. The summed E-state index contributed by atoms with van der Waals surface area (Å²) in [5, 5.41) is 14.8. The molecule has 0 aliphatic rings. The van der Waals surface area contributed by atoms with Crippen LogP contribution in [0.5, 0.6) is 0 Å². The molecule has 0 spiro atoms. The smallest absolute Gasteiger partial charge is 0.414 e. The van der Waals surface area contributed by atoms with Gasteiger partial charge in [-0.05, 0) is 0 Å². The van der Waals surface area contributed by atoms with E-state index in [1.165, 1.54) is 0 Å². The van der Waals surface area contributed by atoms with Crippen LogP contribution in [-0.4, -0.2) is 22.2 Å². The molecule has 0 unspecified atom stereocenters. The summed E-state index contributed by atoms with van der Waals surface area (Å²) >= 11 is 0. The molecule has 0 aromatic carbocycles. The van der Waals surface area contributed by atoms with Gasteiger partial charge in [-0.1, -0.05) is 0 Å². The Labute approximate surface area is 49.6 Å².